The lowest BCUT2D eigenvalue weighted by molar-refractivity contribution is -0.114. The Balaban J connectivity index is 1.27. The van der Waals surface area contributed by atoms with Crippen LogP contribution in [0, 0.1) is 19.3 Å². The number of carbonyl (C=O) groups excluding carboxylic acids is 1. The zero-order valence-corrected chi connectivity index (χ0v) is 21.9. The van der Waals surface area contributed by atoms with Gasteiger partial charge in [-0.05, 0) is 84.8 Å². The third-order valence-corrected chi connectivity index (χ3v) is 6.91. The molecule has 0 unspecified atom stereocenters. The van der Waals surface area contributed by atoms with Gasteiger partial charge in [-0.1, -0.05) is 12.1 Å². The molecule has 1 amide bonds. The molecule has 0 radical (unpaired) electrons. The Bertz CT molecular complexity index is 1500. The number of aromatic nitrogens is 1. The first kappa shape index (κ1) is 25.2. The SMILES string of the molecule is COc1cc(/C=C2/C(=N)N3N=C(c4cccnc4)SC3=NC2=O)ccc1OCCOc1ccc(C)c(C)c1. The van der Waals surface area contributed by atoms with Crippen LogP contribution in [0.1, 0.15) is 22.3 Å². The van der Waals surface area contributed by atoms with Crippen molar-refractivity contribution in [3.8, 4) is 17.2 Å². The summed E-state index contributed by atoms with van der Waals surface area (Å²) in [5, 5.41) is 15.4. The fraction of sp³-hybridized carbons (Fsp3) is 0.179. The minimum atomic E-state index is -0.501. The van der Waals surface area contributed by atoms with Crippen molar-refractivity contribution >= 4 is 39.8 Å². The number of nitrogens with zero attached hydrogens (tertiary/aromatic N) is 4. The molecule has 3 heterocycles. The van der Waals surface area contributed by atoms with E-state index in [4.69, 9.17) is 19.6 Å². The first-order valence-electron chi connectivity index (χ1n) is 11.8. The molecule has 5 rings (SSSR count). The van der Waals surface area contributed by atoms with Crippen molar-refractivity contribution < 1.29 is 19.0 Å². The summed E-state index contributed by atoms with van der Waals surface area (Å²) in [7, 11) is 1.55. The summed E-state index contributed by atoms with van der Waals surface area (Å²) >= 11 is 1.23. The standard InChI is InChI=1S/C28H25N5O4S/c1-17-6-8-21(13-18(17)2)36-11-12-37-23-9-7-19(15-24(23)35-3)14-22-25(29)33-28(31-26(22)34)38-27(32-33)20-5-4-10-30-16-20/h4-10,13-16,29H,11-12H2,1-3H3/b22-14-,29-25?. The van der Waals surface area contributed by atoms with E-state index in [1.54, 1.807) is 49.8 Å². The number of carbonyl (C=O) groups is 1. The second-order valence-corrected chi connectivity index (χ2v) is 9.48. The number of pyridine rings is 1. The molecule has 0 saturated heterocycles. The van der Waals surface area contributed by atoms with Crippen LogP contribution in [-0.2, 0) is 4.79 Å². The Labute approximate surface area is 224 Å². The van der Waals surface area contributed by atoms with Crippen LogP contribution < -0.4 is 14.2 Å². The van der Waals surface area contributed by atoms with Crippen LogP contribution in [0.25, 0.3) is 6.08 Å². The van der Waals surface area contributed by atoms with Gasteiger partial charge in [-0.15, -0.1) is 0 Å². The van der Waals surface area contributed by atoms with Crippen molar-refractivity contribution in [3.63, 3.8) is 0 Å². The zero-order chi connectivity index (χ0) is 26.6. The van der Waals surface area contributed by atoms with Gasteiger partial charge in [-0.3, -0.25) is 15.2 Å². The van der Waals surface area contributed by atoms with Gasteiger partial charge in [-0.2, -0.15) is 15.1 Å². The van der Waals surface area contributed by atoms with E-state index < -0.39 is 5.91 Å². The number of amides is 1. The molecule has 0 bridgehead atoms. The Hall–Kier alpha value is -4.44. The molecule has 2 aliphatic rings. The van der Waals surface area contributed by atoms with Gasteiger partial charge in [0.25, 0.3) is 5.91 Å². The van der Waals surface area contributed by atoms with Crippen LogP contribution in [0.5, 0.6) is 17.2 Å². The summed E-state index contributed by atoms with van der Waals surface area (Å²) in [6, 6.07) is 14.9. The van der Waals surface area contributed by atoms with Gasteiger partial charge < -0.3 is 14.2 Å². The Morgan fingerprint density at radius 3 is 2.63 bits per heavy atom. The number of aryl methyl sites for hydroxylation is 2. The van der Waals surface area contributed by atoms with E-state index >= 15 is 0 Å². The number of hydrogen-bond acceptors (Lipinski definition) is 8. The maximum atomic E-state index is 12.8. The van der Waals surface area contributed by atoms with E-state index in [1.807, 2.05) is 31.2 Å². The summed E-state index contributed by atoms with van der Waals surface area (Å²) in [6.07, 6.45) is 4.95. The molecule has 0 fully saturated rings. The lowest BCUT2D eigenvalue weighted by Gasteiger charge is -2.20. The van der Waals surface area contributed by atoms with Gasteiger partial charge in [-0.25, -0.2) is 0 Å². The molecule has 1 N–H and O–H groups in total. The van der Waals surface area contributed by atoms with Crippen molar-refractivity contribution in [2.75, 3.05) is 20.3 Å². The Morgan fingerprint density at radius 1 is 1.03 bits per heavy atom. The lowest BCUT2D eigenvalue weighted by atomic mass is 10.1. The normalized spacial score (nSPS) is 15.8. The number of fused-ring (bicyclic) bond motifs is 1. The number of thioether (sulfide) groups is 1. The quantitative estimate of drug-likeness (QED) is 0.330. The zero-order valence-electron chi connectivity index (χ0n) is 21.1. The first-order valence-corrected chi connectivity index (χ1v) is 12.7. The molecule has 0 aliphatic carbocycles. The molecule has 0 atom stereocenters. The third-order valence-electron chi connectivity index (χ3n) is 5.95. The fourth-order valence-electron chi connectivity index (χ4n) is 3.77. The average Bonchev–Trinajstić information content (AvgIpc) is 3.36. The molecule has 0 saturated carbocycles. The largest absolute Gasteiger partial charge is 0.493 e. The summed E-state index contributed by atoms with van der Waals surface area (Å²) < 4.78 is 17.2. The van der Waals surface area contributed by atoms with Crippen molar-refractivity contribution in [2.24, 2.45) is 10.1 Å². The molecule has 192 valence electrons. The minimum Gasteiger partial charge on any atom is -0.493 e. The lowest BCUT2D eigenvalue weighted by Crippen LogP contribution is -2.35. The number of aliphatic imine (C=N–C) groups is 1. The predicted octanol–water partition coefficient (Wildman–Crippen LogP) is 4.83. The number of rotatable bonds is 8. The third kappa shape index (κ3) is 5.30. The van der Waals surface area contributed by atoms with E-state index in [1.165, 1.54) is 27.9 Å². The smallest absolute Gasteiger partial charge is 0.283 e. The highest BCUT2D eigenvalue weighted by molar-refractivity contribution is 8.27. The van der Waals surface area contributed by atoms with Crippen LogP contribution in [0.15, 0.2) is 76.6 Å². The van der Waals surface area contributed by atoms with Gasteiger partial charge >= 0.3 is 0 Å². The molecule has 0 spiro atoms. The Kier molecular flexibility index (Phi) is 7.23. The predicted molar refractivity (Wildman–Crippen MR) is 148 cm³/mol. The van der Waals surface area contributed by atoms with Crippen LogP contribution >= 0.6 is 11.8 Å². The van der Waals surface area contributed by atoms with E-state index in [0.717, 1.165) is 11.3 Å². The monoisotopic (exact) mass is 527 g/mol. The molecule has 2 aromatic carbocycles. The van der Waals surface area contributed by atoms with E-state index in [9.17, 15) is 4.79 Å². The van der Waals surface area contributed by atoms with Gasteiger partial charge in [0.05, 0.1) is 12.7 Å². The molecule has 3 aromatic rings. The van der Waals surface area contributed by atoms with E-state index in [-0.39, 0.29) is 11.4 Å². The number of methoxy groups -OCH3 is 1. The number of nitrogens with one attached hydrogen (secondary N) is 1. The van der Waals surface area contributed by atoms with Crippen LogP contribution in [0.3, 0.4) is 0 Å². The molecular formula is C28H25N5O4S. The van der Waals surface area contributed by atoms with Gasteiger partial charge in [0.1, 0.15) is 24.0 Å². The van der Waals surface area contributed by atoms with Gasteiger partial charge in [0.2, 0.25) is 5.17 Å². The number of hydrogen-bond donors (Lipinski definition) is 1. The second kappa shape index (κ2) is 10.9. The number of hydrazone groups is 1. The summed E-state index contributed by atoms with van der Waals surface area (Å²) in [5.41, 5.74) is 3.97. The minimum absolute atomic E-state index is 0.0471. The summed E-state index contributed by atoms with van der Waals surface area (Å²) in [5.74, 6) is 1.29. The summed E-state index contributed by atoms with van der Waals surface area (Å²) in [4.78, 5) is 21.0. The van der Waals surface area contributed by atoms with Crippen molar-refractivity contribution in [1.82, 2.24) is 9.99 Å². The maximum absolute atomic E-state index is 12.8. The second-order valence-electron chi connectivity index (χ2n) is 8.52. The van der Waals surface area contributed by atoms with Crippen LogP contribution in [0.4, 0.5) is 0 Å². The maximum Gasteiger partial charge on any atom is 0.283 e. The molecule has 10 heteroatoms. The van der Waals surface area contributed by atoms with Crippen molar-refractivity contribution in [3.05, 3.63) is 88.8 Å². The number of benzene rings is 2. The van der Waals surface area contributed by atoms with Crippen molar-refractivity contribution in [2.45, 2.75) is 13.8 Å². The Morgan fingerprint density at radius 2 is 1.87 bits per heavy atom. The van der Waals surface area contributed by atoms with Gasteiger partial charge in [0, 0.05) is 18.0 Å². The molecule has 9 nitrogen and oxygen atoms in total. The van der Waals surface area contributed by atoms with Crippen LogP contribution in [-0.4, -0.2) is 52.3 Å². The van der Waals surface area contributed by atoms with E-state index in [2.05, 4.69) is 22.0 Å². The first-order chi connectivity index (χ1) is 18.4. The van der Waals surface area contributed by atoms with Crippen LogP contribution in [0.2, 0.25) is 0 Å². The number of amidine groups is 2. The highest BCUT2D eigenvalue weighted by Gasteiger charge is 2.36. The highest BCUT2D eigenvalue weighted by Crippen LogP contribution is 2.32. The average molecular weight is 528 g/mol. The highest BCUT2D eigenvalue weighted by atomic mass is 32.2. The summed E-state index contributed by atoms with van der Waals surface area (Å²) in [6.45, 7) is 4.81. The van der Waals surface area contributed by atoms with Gasteiger partial charge in [0.15, 0.2) is 17.3 Å². The topological polar surface area (TPSA) is 109 Å². The molecule has 2 aliphatic heterocycles. The fourth-order valence-corrected chi connectivity index (χ4v) is 4.65. The van der Waals surface area contributed by atoms with E-state index in [0.29, 0.717) is 40.5 Å². The van der Waals surface area contributed by atoms with Crippen molar-refractivity contribution in [1.29, 1.82) is 5.41 Å². The molecular weight excluding hydrogens is 502 g/mol. The molecule has 1 aromatic heterocycles. The number of ether oxygens (including phenoxy) is 3. The molecule has 38 heavy (non-hydrogen) atoms.